The van der Waals surface area contributed by atoms with Crippen molar-refractivity contribution < 1.29 is 4.74 Å². The van der Waals surface area contributed by atoms with Crippen LogP contribution in [-0.4, -0.2) is 11.7 Å². The molecule has 0 N–H and O–H groups in total. The summed E-state index contributed by atoms with van der Waals surface area (Å²) in [5.41, 5.74) is 6.52. The highest BCUT2D eigenvalue weighted by atomic mass is 16.5. The summed E-state index contributed by atoms with van der Waals surface area (Å²) in [5, 5.41) is 1.26. The normalized spacial score (nSPS) is 11.7. The number of hydrogen-bond acceptors (Lipinski definition) is 1. The molecule has 0 atom stereocenters. The first-order valence-electron chi connectivity index (χ1n) is 9.77. The third kappa shape index (κ3) is 3.68. The van der Waals surface area contributed by atoms with Gasteiger partial charge in [-0.05, 0) is 58.0 Å². The molecule has 0 amide bonds. The Morgan fingerprint density at radius 3 is 2.29 bits per heavy atom. The van der Waals surface area contributed by atoms with Crippen LogP contribution < -0.4 is 4.74 Å². The highest BCUT2D eigenvalue weighted by Gasteiger charge is 2.13. The van der Waals surface area contributed by atoms with Crippen LogP contribution in [-0.2, 0) is 12.0 Å². The molecular formula is C26H27NO. The number of aromatic nitrogens is 1. The van der Waals surface area contributed by atoms with Crippen molar-refractivity contribution in [3.8, 4) is 16.9 Å². The second-order valence-corrected chi connectivity index (χ2v) is 8.40. The van der Waals surface area contributed by atoms with Gasteiger partial charge >= 0.3 is 0 Å². The maximum absolute atomic E-state index is 5.36. The Balaban J connectivity index is 1.61. The molecule has 4 rings (SSSR count). The summed E-state index contributed by atoms with van der Waals surface area (Å²) in [6.07, 6.45) is 2.18. The van der Waals surface area contributed by atoms with Gasteiger partial charge in [-0.1, -0.05) is 63.2 Å². The van der Waals surface area contributed by atoms with Crippen LogP contribution in [0.3, 0.4) is 0 Å². The first kappa shape index (κ1) is 18.4. The lowest BCUT2D eigenvalue weighted by Crippen LogP contribution is -2.10. The molecule has 142 valence electrons. The highest BCUT2D eigenvalue weighted by Crippen LogP contribution is 2.28. The minimum absolute atomic E-state index is 0.190. The molecule has 0 aliphatic carbocycles. The molecule has 0 aliphatic heterocycles. The predicted octanol–water partition coefficient (Wildman–Crippen LogP) is 6.66. The second kappa shape index (κ2) is 7.20. The van der Waals surface area contributed by atoms with Crippen molar-refractivity contribution >= 4 is 10.9 Å². The SMILES string of the molecule is COc1cccc(-c2ccc3c(ccn3Cc3ccc(C(C)(C)C)cc3)c2)c1. The standard InChI is InChI=1S/C26H27NO/c1-26(2,3)23-11-8-19(9-12-23)18-27-15-14-22-16-21(10-13-25(22)27)20-6-5-7-24(17-20)28-4/h5-17H,18H2,1-4H3. The summed E-state index contributed by atoms with van der Waals surface area (Å²) in [6.45, 7) is 7.64. The first-order chi connectivity index (χ1) is 13.4. The van der Waals surface area contributed by atoms with Crippen LogP contribution in [0.4, 0.5) is 0 Å². The molecule has 1 heterocycles. The van der Waals surface area contributed by atoms with E-state index >= 15 is 0 Å². The number of methoxy groups -OCH3 is 1. The molecule has 2 nitrogen and oxygen atoms in total. The number of benzene rings is 3. The Hall–Kier alpha value is -3.00. The fraction of sp³-hybridized carbons (Fsp3) is 0.231. The molecule has 3 aromatic carbocycles. The van der Waals surface area contributed by atoms with Crippen LogP contribution >= 0.6 is 0 Å². The van der Waals surface area contributed by atoms with Gasteiger partial charge in [0.25, 0.3) is 0 Å². The molecule has 0 fully saturated rings. The lowest BCUT2D eigenvalue weighted by molar-refractivity contribution is 0.415. The molecule has 0 aliphatic rings. The molecular weight excluding hydrogens is 342 g/mol. The number of ether oxygens (including phenoxy) is 1. The van der Waals surface area contributed by atoms with Gasteiger partial charge in [-0.15, -0.1) is 0 Å². The fourth-order valence-corrected chi connectivity index (χ4v) is 3.63. The van der Waals surface area contributed by atoms with E-state index in [1.807, 2.05) is 12.1 Å². The van der Waals surface area contributed by atoms with E-state index in [9.17, 15) is 0 Å². The van der Waals surface area contributed by atoms with E-state index in [1.165, 1.54) is 33.2 Å². The Labute approximate surface area is 167 Å². The number of fused-ring (bicyclic) bond motifs is 1. The molecule has 0 unspecified atom stereocenters. The molecule has 1 aromatic heterocycles. The second-order valence-electron chi connectivity index (χ2n) is 8.40. The van der Waals surface area contributed by atoms with E-state index in [1.54, 1.807) is 7.11 Å². The van der Waals surface area contributed by atoms with Gasteiger partial charge in [-0.25, -0.2) is 0 Å². The molecule has 4 aromatic rings. The van der Waals surface area contributed by atoms with E-state index < -0.39 is 0 Å². The van der Waals surface area contributed by atoms with Crippen molar-refractivity contribution in [3.63, 3.8) is 0 Å². The van der Waals surface area contributed by atoms with Gasteiger partial charge in [0.15, 0.2) is 0 Å². The van der Waals surface area contributed by atoms with Crippen molar-refractivity contribution in [1.29, 1.82) is 0 Å². The van der Waals surface area contributed by atoms with Crippen molar-refractivity contribution in [3.05, 3.63) is 90.1 Å². The third-order valence-corrected chi connectivity index (χ3v) is 5.35. The zero-order valence-corrected chi connectivity index (χ0v) is 17.1. The number of hydrogen-bond donors (Lipinski definition) is 0. The van der Waals surface area contributed by atoms with E-state index in [2.05, 4.69) is 92.2 Å². The molecule has 0 radical (unpaired) electrons. The number of nitrogens with zero attached hydrogens (tertiary/aromatic N) is 1. The average Bonchev–Trinajstić information content (AvgIpc) is 3.10. The molecule has 0 spiro atoms. The van der Waals surface area contributed by atoms with Crippen LogP contribution in [0.1, 0.15) is 31.9 Å². The summed E-state index contributed by atoms with van der Waals surface area (Å²) in [6, 6.07) is 26.1. The first-order valence-corrected chi connectivity index (χ1v) is 9.77. The lowest BCUT2D eigenvalue weighted by atomic mass is 9.87. The van der Waals surface area contributed by atoms with Gasteiger partial charge in [0, 0.05) is 23.6 Å². The van der Waals surface area contributed by atoms with Gasteiger partial charge in [0.05, 0.1) is 7.11 Å². The molecule has 0 bridgehead atoms. The zero-order chi connectivity index (χ0) is 19.7. The molecule has 0 saturated carbocycles. The maximum atomic E-state index is 5.36. The minimum atomic E-state index is 0.190. The van der Waals surface area contributed by atoms with Crippen LogP contribution in [0, 0.1) is 0 Å². The third-order valence-electron chi connectivity index (χ3n) is 5.35. The van der Waals surface area contributed by atoms with Crippen LogP contribution in [0.5, 0.6) is 5.75 Å². The van der Waals surface area contributed by atoms with Crippen molar-refractivity contribution in [2.24, 2.45) is 0 Å². The predicted molar refractivity (Wildman–Crippen MR) is 118 cm³/mol. The largest absolute Gasteiger partial charge is 0.497 e. The van der Waals surface area contributed by atoms with Crippen molar-refractivity contribution in [2.45, 2.75) is 32.7 Å². The fourth-order valence-electron chi connectivity index (χ4n) is 3.63. The van der Waals surface area contributed by atoms with E-state index in [-0.39, 0.29) is 5.41 Å². The number of rotatable bonds is 4. The summed E-state index contributed by atoms with van der Waals surface area (Å²) in [4.78, 5) is 0. The molecule has 28 heavy (non-hydrogen) atoms. The van der Waals surface area contributed by atoms with Crippen molar-refractivity contribution in [2.75, 3.05) is 7.11 Å². The van der Waals surface area contributed by atoms with E-state index in [4.69, 9.17) is 4.74 Å². The zero-order valence-electron chi connectivity index (χ0n) is 17.1. The summed E-state index contributed by atoms with van der Waals surface area (Å²) in [7, 11) is 1.70. The summed E-state index contributed by atoms with van der Waals surface area (Å²) < 4.78 is 7.68. The minimum Gasteiger partial charge on any atom is -0.497 e. The average molecular weight is 370 g/mol. The van der Waals surface area contributed by atoms with Gasteiger partial charge in [-0.3, -0.25) is 0 Å². The van der Waals surface area contributed by atoms with Crippen molar-refractivity contribution in [1.82, 2.24) is 4.57 Å². The maximum Gasteiger partial charge on any atom is 0.119 e. The van der Waals surface area contributed by atoms with Crippen LogP contribution in [0.15, 0.2) is 79.0 Å². The Bertz CT molecular complexity index is 1100. The van der Waals surface area contributed by atoms with E-state index in [0.29, 0.717) is 0 Å². The molecule has 0 saturated heterocycles. The topological polar surface area (TPSA) is 14.2 Å². The Morgan fingerprint density at radius 1 is 0.821 bits per heavy atom. The van der Waals surface area contributed by atoms with Crippen LogP contribution in [0.25, 0.3) is 22.0 Å². The Morgan fingerprint density at radius 2 is 1.57 bits per heavy atom. The quantitative estimate of drug-likeness (QED) is 0.392. The summed E-state index contributed by atoms with van der Waals surface area (Å²) >= 11 is 0. The monoisotopic (exact) mass is 369 g/mol. The smallest absolute Gasteiger partial charge is 0.119 e. The van der Waals surface area contributed by atoms with E-state index in [0.717, 1.165) is 12.3 Å². The van der Waals surface area contributed by atoms with Crippen LogP contribution in [0.2, 0.25) is 0 Å². The van der Waals surface area contributed by atoms with Gasteiger partial charge in [-0.2, -0.15) is 0 Å². The highest BCUT2D eigenvalue weighted by molar-refractivity contribution is 5.86. The molecule has 2 heteroatoms. The lowest BCUT2D eigenvalue weighted by Gasteiger charge is -2.19. The van der Waals surface area contributed by atoms with Gasteiger partial charge in [0.2, 0.25) is 0 Å². The van der Waals surface area contributed by atoms with Gasteiger partial charge in [0.1, 0.15) is 5.75 Å². The van der Waals surface area contributed by atoms with Gasteiger partial charge < -0.3 is 9.30 Å². The Kier molecular flexibility index (Phi) is 4.72. The summed E-state index contributed by atoms with van der Waals surface area (Å²) in [5.74, 6) is 0.883.